The first kappa shape index (κ1) is 13.2. The Morgan fingerprint density at radius 3 is 2.38 bits per heavy atom. The highest BCUT2D eigenvalue weighted by Gasteiger charge is 2.20. The van der Waals surface area contributed by atoms with Crippen LogP contribution in [0.1, 0.15) is 39.2 Å². The van der Waals surface area contributed by atoms with E-state index in [-0.39, 0.29) is 5.41 Å². The first-order chi connectivity index (χ1) is 7.27. The Bertz CT molecular complexity index is 459. The molecule has 0 aliphatic rings. The molecule has 0 radical (unpaired) electrons. The second-order valence-electron chi connectivity index (χ2n) is 4.93. The molecule has 0 bridgehead atoms. The van der Waals surface area contributed by atoms with Crippen LogP contribution in [0.3, 0.4) is 0 Å². The summed E-state index contributed by atoms with van der Waals surface area (Å²) in [6, 6.07) is 7.28. The zero-order chi connectivity index (χ0) is 12.4. The van der Waals surface area contributed by atoms with Crippen molar-refractivity contribution in [1.29, 1.82) is 0 Å². The summed E-state index contributed by atoms with van der Waals surface area (Å²) < 4.78 is 22.9. The monoisotopic (exact) mass is 240 g/mol. The minimum absolute atomic E-state index is 0.0372. The smallest absolute Gasteiger partial charge is 0.175 e. The van der Waals surface area contributed by atoms with E-state index >= 15 is 0 Å². The molecule has 0 unspecified atom stereocenters. The maximum absolute atomic E-state index is 11.5. The van der Waals surface area contributed by atoms with Crippen LogP contribution < -0.4 is 0 Å². The van der Waals surface area contributed by atoms with Crippen molar-refractivity contribution in [2.45, 2.75) is 43.9 Å². The maximum atomic E-state index is 11.5. The van der Waals surface area contributed by atoms with Crippen molar-refractivity contribution < 1.29 is 8.42 Å². The molecule has 0 aromatic heterocycles. The van der Waals surface area contributed by atoms with E-state index in [1.54, 1.807) is 12.1 Å². The Kier molecular flexibility index (Phi) is 3.79. The van der Waals surface area contributed by atoms with Crippen LogP contribution in [-0.2, 0) is 15.3 Å². The molecule has 0 N–H and O–H groups in total. The van der Waals surface area contributed by atoms with E-state index in [4.69, 9.17) is 0 Å². The first-order valence-electron chi connectivity index (χ1n) is 5.58. The van der Waals surface area contributed by atoms with Crippen molar-refractivity contribution >= 4 is 9.84 Å². The number of rotatable bonds is 4. The molecular formula is C13H20O2S. The van der Waals surface area contributed by atoms with Gasteiger partial charge in [0, 0.05) is 6.26 Å². The normalized spacial score (nSPS) is 12.8. The van der Waals surface area contributed by atoms with Gasteiger partial charge >= 0.3 is 0 Å². The van der Waals surface area contributed by atoms with E-state index in [9.17, 15) is 8.42 Å². The van der Waals surface area contributed by atoms with Gasteiger partial charge in [-0.2, -0.15) is 0 Å². The Labute approximate surface area is 98.6 Å². The molecule has 1 aromatic rings. The summed E-state index contributed by atoms with van der Waals surface area (Å²) >= 11 is 0. The van der Waals surface area contributed by atoms with E-state index in [1.807, 2.05) is 12.1 Å². The van der Waals surface area contributed by atoms with Gasteiger partial charge in [0.2, 0.25) is 0 Å². The van der Waals surface area contributed by atoms with Crippen LogP contribution in [0.2, 0.25) is 0 Å². The van der Waals surface area contributed by atoms with Gasteiger partial charge in [0.15, 0.2) is 9.84 Å². The summed E-state index contributed by atoms with van der Waals surface area (Å²) in [4.78, 5) is 0.411. The predicted molar refractivity (Wildman–Crippen MR) is 67.5 cm³/mol. The van der Waals surface area contributed by atoms with Crippen molar-refractivity contribution in [3.63, 3.8) is 0 Å². The second kappa shape index (κ2) is 4.58. The van der Waals surface area contributed by atoms with E-state index in [1.165, 1.54) is 6.26 Å². The van der Waals surface area contributed by atoms with Crippen LogP contribution in [0.15, 0.2) is 29.2 Å². The standard InChI is InChI=1S/C13H20O2S/c1-5-9-13(2,3)11-7-6-8-12(10-11)16(4,14)15/h6-8,10H,5,9H2,1-4H3. The topological polar surface area (TPSA) is 34.1 Å². The fourth-order valence-electron chi connectivity index (χ4n) is 1.92. The quantitative estimate of drug-likeness (QED) is 0.810. The third-order valence-electron chi connectivity index (χ3n) is 2.92. The third-order valence-corrected chi connectivity index (χ3v) is 4.03. The number of benzene rings is 1. The molecule has 0 aliphatic heterocycles. The molecule has 2 nitrogen and oxygen atoms in total. The lowest BCUT2D eigenvalue weighted by Crippen LogP contribution is -2.17. The van der Waals surface area contributed by atoms with Crippen molar-refractivity contribution in [3.05, 3.63) is 29.8 Å². The molecule has 0 aliphatic carbocycles. The third kappa shape index (κ3) is 3.08. The lowest BCUT2D eigenvalue weighted by molar-refractivity contribution is 0.472. The molecule has 0 saturated carbocycles. The summed E-state index contributed by atoms with van der Waals surface area (Å²) in [7, 11) is -3.10. The minimum atomic E-state index is -3.10. The number of hydrogen-bond acceptors (Lipinski definition) is 2. The zero-order valence-electron chi connectivity index (χ0n) is 10.4. The van der Waals surface area contributed by atoms with Gasteiger partial charge in [0.25, 0.3) is 0 Å². The SMILES string of the molecule is CCCC(C)(C)c1cccc(S(C)(=O)=O)c1. The Hall–Kier alpha value is -0.830. The first-order valence-corrected chi connectivity index (χ1v) is 7.47. The molecule has 0 fully saturated rings. The highest BCUT2D eigenvalue weighted by Crippen LogP contribution is 2.29. The molecule has 0 saturated heterocycles. The average Bonchev–Trinajstić information content (AvgIpc) is 2.16. The Morgan fingerprint density at radius 2 is 1.88 bits per heavy atom. The summed E-state index contributed by atoms with van der Waals surface area (Å²) in [5, 5.41) is 0. The number of sulfone groups is 1. The second-order valence-corrected chi connectivity index (χ2v) is 6.95. The lowest BCUT2D eigenvalue weighted by Gasteiger charge is -2.25. The van der Waals surface area contributed by atoms with E-state index in [0.29, 0.717) is 4.90 Å². The molecule has 0 amide bonds. The molecular weight excluding hydrogens is 220 g/mol. The van der Waals surface area contributed by atoms with Crippen molar-refractivity contribution in [2.24, 2.45) is 0 Å². The minimum Gasteiger partial charge on any atom is -0.224 e. The van der Waals surface area contributed by atoms with Gasteiger partial charge in [-0.1, -0.05) is 39.3 Å². The van der Waals surface area contributed by atoms with E-state index < -0.39 is 9.84 Å². The number of hydrogen-bond donors (Lipinski definition) is 0. The van der Waals surface area contributed by atoms with Gasteiger partial charge in [-0.3, -0.25) is 0 Å². The lowest BCUT2D eigenvalue weighted by atomic mass is 9.81. The molecule has 1 aromatic carbocycles. The molecule has 1 rings (SSSR count). The van der Waals surface area contributed by atoms with Crippen LogP contribution in [0.5, 0.6) is 0 Å². The highest BCUT2D eigenvalue weighted by molar-refractivity contribution is 7.90. The van der Waals surface area contributed by atoms with Gasteiger partial charge in [-0.05, 0) is 29.5 Å². The van der Waals surface area contributed by atoms with E-state index in [2.05, 4.69) is 20.8 Å². The van der Waals surface area contributed by atoms with Crippen LogP contribution >= 0.6 is 0 Å². The van der Waals surface area contributed by atoms with Crippen molar-refractivity contribution in [1.82, 2.24) is 0 Å². The Balaban J connectivity index is 3.18. The molecule has 0 spiro atoms. The van der Waals surface area contributed by atoms with Crippen LogP contribution in [0, 0.1) is 0 Å². The van der Waals surface area contributed by atoms with Gasteiger partial charge < -0.3 is 0 Å². The molecule has 16 heavy (non-hydrogen) atoms. The largest absolute Gasteiger partial charge is 0.224 e. The van der Waals surface area contributed by atoms with E-state index in [0.717, 1.165) is 18.4 Å². The van der Waals surface area contributed by atoms with Gasteiger partial charge in [-0.25, -0.2) is 8.42 Å². The zero-order valence-corrected chi connectivity index (χ0v) is 11.3. The Morgan fingerprint density at radius 1 is 1.25 bits per heavy atom. The molecule has 0 heterocycles. The summed E-state index contributed by atoms with van der Waals surface area (Å²) in [6.45, 7) is 6.44. The maximum Gasteiger partial charge on any atom is 0.175 e. The molecule has 90 valence electrons. The van der Waals surface area contributed by atoms with Crippen LogP contribution in [0.4, 0.5) is 0 Å². The van der Waals surface area contributed by atoms with Crippen molar-refractivity contribution in [3.8, 4) is 0 Å². The summed E-state index contributed by atoms with van der Waals surface area (Å²) in [5.74, 6) is 0. The summed E-state index contributed by atoms with van der Waals surface area (Å²) in [5.41, 5.74) is 1.13. The fourth-order valence-corrected chi connectivity index (χ4v) is 2.58. The average molecular weight is 240 g/mol. The van der Waals surface area contributed by atoms with Crippen molar-refractivity contribution in [2.75, 3.05) is 6.26 Å². The van der Waals surface area contributed by atoms with Gasteiger partial charge in [-0.15, -0.1) is 0 Å². The highest BCUT2D eigenvalue weighted by atomic mass is 32.2. The predicted octanol–water partition coefficient (Wildman–Crippen LogP) is 3.17. The summed E-state index contributed by atoms with van der Waals surface area (Å²) in [6.07, 6.45) is 3.40. The fraction of sp³-hybridized carbons (Fsp3) is 0.538. The van der Waals surface area contributed by atoms with Crippen LogP contribution in [0.25, 0.3) is 0 Å². The molecule has 3 heteroatoms. The molecule has 0 atom stereocenters. The van der Waals surface area contributed by atoms with Gasteiger partial charge in [0.05, 0.1) is 4.90 Å². The van der Waals surface area contributed by atoms with Gasteiger partial charge in [0.1, 0.15) is 0 Å². The van der Waals surface area contributed by atoms with Crippen LogP contribution in [-0.4, -0.2) is 14.7 Å².